The van der Waals surface area contributed by atoms with Crippen LogP contribution in [0.1, 0.15) is 39.5 Å². The van der Waals surface area contributed by atoms with Gasteiger partial charge in [0, 0.05) is 5.92 Å². The van der Waals surface area contributed by atoms with Gasteiger partial charge in [0.05, 0.1) is 5.69 Å². The first-order chi connectivity index (χ1) is 9.40. The molecule has 0 spiro atoms. The molecule has 112 valence electrons. The van der Waals surface area contributed by atoms with E-state index in [0.29, 0.717) is 0 Å². The summed E-state index contributed by atoms with van der Waals surface area (Å²) in [7, 11) is -3.84. The van der Waals surface area contributed by atoms with Crippen LogP contribution in [-0.4, -0.2) is 14.3 Å². The van der Waals surface area contributed by atoms with Crippen LogP contribution < -0.4 is 10.5 Å². The highest BCUT2D eigenvalue weighted by molar-refractivity contribution is 7.89. The van der Waals surface area contributed by atoms with Gasteiger partial charge in [-0.2, -0.15) is 0 Å². The number of rotatable bonds is 7. The van der Waals surface area contributed by atoms with Gasteiger partial charge in [0.1, 0.15) is 4.90 Å². The smallest absolute Gasteiger partial charge is 0.240 e. The highest BCUT2D eigenvalue weighted by Gasteiger charge is 2.19. The lowest BCUT2D eigenvalue weighted by Gasteiger charge is -2.16. The number of carbonyl (C=O) groups excluding carboxylic acids is 1. The van der Waals surface area contributed by atoms with E-state index in [9.17, 15) is 13.2 Å². The molecule has 3 N–H and O–H groups in total. The number of nitrogens with one attached hydrogen (secondary N) is 1. The molecular formula is C14H22N2O3S. The Morgan fingerprint density at radius 3 is 2.50 bits per heavy atom. The molecule has 0 aromatic heterocycles. The molecule has 1 rings (SSSR count). The standard InChI is InChI=1S/C14H22N2O3S/c1-3-5-8-11(4-2)14(17)16-12-9-6-7-10-13(12)20(15,18)19/h6-7,9-11H,3-5,8H2,1-2H3,(H,16,17)(H2,15,18,19). The lowest BCUT2D eigenvalue weighted by molar-refractivity contribution is -0.120. The van der Waals surface area contributed by atoms with Crippen LogP contribution in [0.15, 0.2) is 29.2 Å². The van der Waals surface area contributed by atoms with Crippen LogP contribution in [-0.2, 0) is 14.8 Å². The van der Waals surface area contributed by atoms with Crippen molar-refractivity contribution in [2.24, 2.45) is 11.1 Å². The Labute approximate surface area is 120 Å². The Balaban J connectivity index is 2.90. The number of amides is 1. The van der Waals surface area contributed by atoms with Crippen molar-refractivity contribution in [1.82, 2.24) is 0 Å². The fourth-order valence-corrected chi connectivity index (χ4v) is 2.72. The summed E-state index contributed by atoms with van der Waals surface area (Å²) >= 11 is 0. The van der Waals surface area contributed by atoms with Crippen LogP contribution in [0.4, 0.5) is 5.69 Å². The minimum absolute atomic E-state index is 0.0568. The molecule has 0 aliphatic carbocycles. The number of benzene rings is 1. The van der Waals surface area contributed by atoms with Gasteiger partial charge < -0.3 is 5.32 Å². The molecule has 0 saturated heterocycles. The third kappa shape index (κ3) is 4.61. The van der Waals surface area contributed by atoms with Gasteiger partial charge >= 0.3 is 0 Å². The number of nitrogens with two attached hydrogens (primary N) is 1. The van der Waals surface area contributed by atoms with Crippen molar-refractivity contribution in [3.05, 3.63) is 24.3 Å². The second kappa shape index (κ2) is 7.40. The Bertz CT molecular complexity index is 555. The van der Waals surface area contributed by atoms with Crippen LogP contribution in [0, 0.1) is 5.92 Å². The van der Waals surface area contributed by atoms with Crippen LogP contribution in [0.3, 0.4) is 0 Å². The van der Waals surface area contributed by atoms with Gasteiger partial charge in [-0.05, 0) is 25.0 Å². The van der Waals surface area contributed by atoms with Crippen LogP contribution >= 0.6 is 0 Å². The summed E-state index contributed by atoms with van der Waals surface area (Å²) in [6.07, 6.45) is 3.53. The van der Waals surface area contributed by atoms with E-state index in [0.717, 1.165) is 25.7 Å². The molecule has 0 aliphatic rings. The van der Waals surface area contributed by atoms with E-state index in [1.165, 1.54) is 6.07 Å². The minimum Gasteiger partial charge on any atom is -0.325 e. The monoisotopic (exact) mass is 298 g/mol. The normalized spacial score (nSPS) is 12.9. The number of unbranched alkanes of at least 4 members (excludes halogenated alkanes) is 1. The molecule has 5 nitrogen and oxygen atoms in total. The summed E-state index contributed by atoms with van der Waals surface area (Å²) in [5.74, 6) is -0.263. The van der Waals surface area contributed by atoms with Crippen molar-refractivity contribution < 1.29 is 13.2 Å². The number of sulfonamides is 1. The number of primary sulfonamides is 1. The molecule has 0 saturated carbocycles. The maximum Gasteiger partial charge on any atom is 0.240 e. The zero-order valence-corrected chi connectivity index (χ0v) is 12.7. The molecule has 0 heterocycles. The molecule has 0 radical (unpaired) electrons. The molecule has 0 bridgehead atoms. The van der Waals surface area contributed by atoms with Gasteiger partial charge in [-0.1, -0.05) is 38.8 Å². The Kier molecular flexibility index (Phi) is 6.16. The maximum atomic E-state index is 12.2. The largest absolute Gasteiger partial charge is 0.325 e. The molecule has 1 atom stereocenters. The van der Waals surface area contributed by atoms with Crippen molar-refractivity contribution in [3.63, 3.8) is 0 Å². The van der Waals surface area contributed by atoms with Gasteiger partial charge in [-0.3, -0.25) is 4.79 Å². The predicted octanol–water partition coefficient (Wildman–Crippen LogP) is 2.49. The highest BCUT2D eigenvalue weighted by atomic mass is 32.2. The summed E-state index contributed by atoms with van der Waals surface area (Å²) in [6, 6.07) is 6.17. The molecule has 0 aliphatic heterocycles. The second-order valence-electron chi connectivity index (χ2n) is 4.78. The molecule has 1 unspecified atom stereocenters. The Hall–Kier alpha value is -1.40. The van der Waals surface area contributed by atoms with Crippen molar-refractivity contribution in [3.8, 4) is 0 Å². The van der Waals surface area contributed by atoms with E-state index >= 15 is 0 Å². The lowest BCUT2D eigenvalue weighted by Crippen LogP contribution is -2.24. The van der Waals surface area contributed by atoms with Gasteiger partial charge in [-0.15, -0.1) is 0 Å². The predicted molar refractivity (Wildman–Crippen MR) is 79.8 cm³/mol. The zero-order valence-electron chi connectivity index (χ0n) is 11.9. The SMILES string of the molecule is CCCCC(CC)C(=O)Nc1ccccc1S(N)(=O)=O. The van der Waals surface area contributed by atoms with Gasteiger partial charge in [-0.25, -0.2) is 13.6 Å². The first kappa shape index (κ1) is 16.7. The highest BCUT2D eigenvalue weighted by Crippen LogP contribution is 2.22. The summed E-state index contributed by atoms with van der Waals surface area (Å²) in [4.78, 5) is 12.1. The quantitative estimate of drug-likeness (QED) is 0.810. The van der Waals surface area contributed by atoms with Gasteiger partial charge in [0.15, 0.2) is 0 Å². The van der Waals surface area contributed by atoms with Crippen molar-refractivity contribution in [2.45, 2.75) is 44.4 Å². The number of para-hydroxylation sites is 1. The first-order valence-corrected chi connectivity index (χ1v) is 8.37. The molecule has 1 aromatic rings. The average molecular weight is 298 g/mol. The topological polar surface area (TPSA) is 89.3 Å². The second-order valence-corrected chi connectivity index (χ2v) is 6.31. The zero-order chi connectivity index (χ0) is 15.2. The summed E-state index contributed by atoms with van der Waals surface area (Å²) in [5.41, 5.74) is 0.245. The third-order valence-electron chi connectivity index (χ3n) is 3.22. The molecule has 1 aromatic carbocycles. The molecule has 6 heteroatoms. The minimum atomic E-state index is -3.84. The molecule has 1 amide bonds. The van der Waals surface area contributed by atoms with E-state index in [-0.39, 0.29) is 22.4 Å². The number of hydrogen-bond acceptors (Lipinski definition) is 3. The third-order valence-corrected chi connectivity index (χ3v) is 4.19. The van der Waals surface area contributed by atoms with Crippen LogP contribution in [0.25, 0.3) is 0 Å². The number of carbonyl (C=O) groups is 1. The molecule has 0 fully saturated rings. The van der Waals surface area contributed by atoms with E-state index in [1.54, 1.807) is 18.2 Å². The average Bonchev–Trinajstić information content (AvgIpc) is 2.39. The van der Waals surface area contributed by atoms with Crippen molar-refractivity contribution >= 4 is 21.6 Å². The molecule has 20 heavy (non-hydrogen) atoms. The number of hydrogen-bond donors (Lipinski definition) is 2. The maximum absolute atomic E-state index is 12.2. The van der Waals surface area contributed by atoms with E-state index in [1.807, 2.05) is 6.92 Å². The van der Waals surface area contributed by atoms with Gasteiger partial charge in [0.2, 0.25) is 15.9 Å². The first-order valence-electron chi connectivity index (χ1n) is 6.82. The fourth-order valence-electron chi connectivity index (χ4n) is 2.02. The van der Waals surface area contributed by atoms with Gasteiger partial charge in [0.25, 0.3) is 0 Å². The van der Waals surface area contributed by atoms with E-state index in [2.05, 4.69) is 12.2 Å². The summed E-state index contributed by atoms with van der Waals surface area (Å²) in [6.45, 7) is 4.02. The fraction of sp³-hybridized carbons (Fsp3) is 0.500. The Morgan fingerprint density at radius 2 is 1.95 bits per heavy atom. The molecular weight excluding hydrogens is 276 g/mol. The summed E-state index contributed by atoms with van der Waals surface area (Å²) in [5, 5.41) is 7.82. The van der Waals surface area contributed by atoms with Crippen LogP contribution in [0.2, 0.25) is 0 Å². The van der Waals surface area contributed by atoms with E-state index in [4.69, 9.17) is 5.14 Å². The van der Waals surface area contributed by atoms with Crippen LogP contribution in [0.5, 0.6) is 0 Å². The van der Waals surface area contributed by atoms with Crippen molar-refractivity contribution in [2.75, 3.05) is 5.32 Å². The Morgan fingerprint density at radius 1 is 1.30 bits per heavy atom. The van der Waals surface area contributed by atoms with Crippen molar-refractivity contribution in [1.29, 1.82) is 0 Å². The lowest BCUT2D eigenvalue weighted by atomic mass is 9.98. The van der Waals surface area contributed by atoms with E-state index < -0.39 is 10.0 Å². The summed E-state index contributed by atoms with van der Waals surface area (Å²) < 4.78 is 22.9. The number of anilines is 1.